The quantitative estimate of drug-likeness (QED) is 0.386. The van der Waals surface area contributed by atoms with Crippen molar-refractivity contribution >= 4 is 34.9 Å². The maximum absolute atomic E-state index is 15.3. The van der Waals surface area contributed by atoms with Gasteiger partial charge in [0.1, 0.15) is 22.8 Å². The molecule has 0 spiro atoms. The number of carbonyl (C=O) groups excluding carboxylic acids is 3. The molecule has 1 N–H and O–H groups in total. The van der Waals surface area contributed by atoms with Gasteiger partial charge in [-0.25, -0.2) is 18.4 Å². The Labute approximate surface area is 257 Å². The zero-order valence-electron chi connectivity index (χ0n) is 26.5. The molecule has 8 nitrogen and oxygen atoms in total. The van der Waals surface area contributed by atoms with Crippen LogP contribution in [0.5, 0.6) is 0 Å². The molecule has 3 amide bonds. The van der Waals surface area contributed by atoms with E-state index in [4.69, 9.17) is 9.47 Å². The molecule has 0 atom stereocenters. The summed E-state index contributed by atoms with van der Waals surface area (Å²) in [6.07, 6.45) is 3.82. The Hall–Kier alpha value is -4.21. The number of halogens is 2. The third kappa shape index (κ3) is 8.24. The number of nitrogens with one attached hydrogen (secondary N) is 1. The highest BCUT2D eigenvalue weighted by atomic mass is 19.1. The van der Waals surface area contributed by atoms with Crippen molar-refractivity contribution in [3.05, 3.63) is 76.4 Å². The van der Waals surface area contributed by atoms with Gasteiger partial charge in [0.15, 0.2) is 0 Å². The molecule has 0 unspecified atom stereocenters. The van der Waals surface area contributed by atoms with Crippen LogP contribution in [-0.2, 0) is 9.47 Å². The molecule has 2 aliphatic rings. The predicted molar refractivity (Wildman–Crippen MR) is 166 cm³/mol. The molecule has 0 saturated carbocycles. The van der Waals surface area contributed by atoms with Crippen molar-refractivity contribution in [2.24, 2.45) is 0 Å². The van der Waals surface area contributed by atoms with Crippen LogP contribution in [0.15, 0.2) is 42.5 Å². The van der Waals surface area contributed by atoms with Gasteiger partial charge in [0.05, 0.1) is 5.56 Å². The van der Waals surface area contributed by atoms with Crippen LogP contribution in [0.25, 0.3) is 11.1 Å². The monoisotopic (exact) mass is 609 g/mol. The summed E-state index contributed by atoms with van der Waals surface area (Å²) >= 11 is 0. The summed E-state index contributed by atoms with van der Waals surface area (Å²) in [5.74, 6) is -1.90. The summed E-state index contributed by atoms with van der Waals surface area (Å²) in [6, 6.07) is 7.41. The Bertz CT molecular complexity index is 1490. The van der Waals surface area contributed by atoms with Crippen molar-refractivity contribution in [3.63, 3.8) is 0 Å². The van der Waals surface area contributed by atoms with E-state index in [0.717, 1.165) is 11.1 Å². The van der Waals surface area contributed by atoms with Crippen molar-refractivity contribution < 1.29 is 32.6 Å². The van der Waals surface area contributed by atoms with Crippen LogP contribution in [0.2, 0.25) is 0 Å². The van der Waals surface area contributed by atoms with Gasteiger partial charge in [0, 0.05) is 37.4 Å². The first-order valence-corrected chi connectivity index (χ1v) is 14.8. The lowest BCUT2D eigenvalue weighted by molar-refractivity contribution is 0.0260. The van der Waals surface area contributed by atoms with Gasteiger partial charge >= 0.3 is 12.2 Å². The number of rotatable bonds is 4. The van der Waals surface area contributed by atoms with Crippen molar-refractivity contribution in [2.45, 2.75) is 72.5 Å². The molecule has 2 aliphatic heterocycles. The van der Waals surface area contributed by atoms with E-state index in [0.29, 0.717) is 55.7 Å². The second kappa shape index (κ2) is 12.8. The lowest BCUT2D eigenvalue weighted by Gasteiger charge is -2.29. The number of benzene rings is 2. The number of hydrogen-bond acceptors (Lipinski definition) is 5. The van der Waals surface area contributed by atoms with Crippen LogP contribution in [0.1, 0.15) is 81.4 Å². The Kier molecular flexibility index (Phi) is 9.51. The number of anilines is 1. The zero-order chi connectivity index (χ0) is 32.4. The van der Waals surface area contributed by atoms with Gasteiger partial charge < -0.3 is 24.6 Å². The van der Waals surface area contributed by atoms with Crippen molar-refractivity contribution in [2.75, 3.05) is 31.5 Å². The normalized spacial score (nSPS) is 15.8. The highest BCUT2D eigenvalue weighted by Crippen LogP contribution is 2.30. The van der Waals surface area contributed by atoms with E-state index < -0.39 is 40.9 Å². The van der Waals surface area contributed by atoms with Crippen LogP contribution in [-0.4, -0.2) is 65.3 Å². The molecule has 0 radical (unpaired) electrons. The smallest absolute Gasteiger partial charge is 0.410 e. The third-order valence-electron chi connectivity index (χ3n) is 7.18. The SMILES string of the molecule is Cc1cc(C2=CCN(C(=O)OC(C)(C)C)CC2)cc(F)c1C(=O)Nc1ccc(C2=CCN(C(=O)OC(C)(C)C)CC2)c(F)c1. The van der Waals surface area contributed by atoms with Crippen LogP contribution in [0.4, 0.5) is 24.1 Å². The molecule has 10 heteroatoms. The van der Waals surface area contributed by atoms with Gasteiger partial charge in [-0.1, -0.05) is 18.2 Å². The molecule has 0 fully saturated rings. The van der Waals surface area contributed by atoms with Gasteiger partial charge in [-0.05, 0) is 108 Å². The Balaban J connectivity index is 1.41. The van der Waals surface area contributed by atoms with Crippen molar-refractivity contribution in [1.29, 1.82) is 0 Å². The molecule has 4 rings (SSSR count). The highest BCUT2D eigenvalue weighted by molar-refractivity contribution is 6.05. The van der Waals surface area contributed by atoms with E-state index in [1.807, 2.05) is 26.8 Å². The summed E-state index contributed by atoms with van der Waals surface area (Å²) in [7, 11) is 0. The summed E-state index contributed by atoms with van der Waals surface area (Å²) in [4.78, 5) is 40.9. The molecular formula is C34H41F2N3O5. The van der Waals surface area contributed by atoms with Gasteiger partial charge in [0.25, 0.3) is 5.91 Å². The van der Waals surface area contributed by atoms with E-state index >= 15 is 8.78 Å². The number of nitrogens with zero attached hydrogens (tertiary/aromatic N) is 2. The number of amides is 3. The minimum Gasteiger partial charge on any atom is -0.444 e. The fraction of sp³-hybridized carbons (Fsp3) is 0.441. The maximum Gasteiger partial charge on any atom is 0.410 e. The van der Waals surface area contributed by atoms with E-state index in [2.05, 4.69) is 5.32 Å². The molecule has 0 bridgehead atoms. The van der Waals surface area contributed by atoms with Gasteiger partial charge in [0.2, 0.25) is 0 Å². The number of carbonyl (C=O) groups is 3. The Morgan fingerprint density at radius 2 is 1.32 bits per heavy atom. The minimum absolute atomic E-state index is 0.123. The van der Waals surface area contributed by atoms with Crippen LogP contribution >= 0.6 is 0 Å². The fourth-order valence-electron chi connectivity index (χ4n) is 5.09. The van der Waals surface area contributed by atoms with Gasteiger partial charge in [-0.3, -0.25) is 4.79 Å². The van der Waals surface area contributed by atoms with E-state index in [-0.39, 0.29) is 11.3 Å². The predicted octanol–water partition coefficient (Wildman–Crippen LogP) is 7.57. The summed E-state index contributed by atoms with van der Waals surface area (Å²) in [6.45, 7) is 14.0. The number of hydrogen-bond donors (Lipinski definition) is 1. The second-order valence-corrected chi connectivity index (χ2v) is 13.1. The molecule has 2 aromatic rings. The van der Waals surface area contributed by atoms with Crippen molar-refractivity contribution in [3.8, 4) is 0 Å². The van der Waals surface area contributed by atoms with Gasteiger partial charge in [-0.2, -0.15) is 0 Å². The molecule has 2 heterocycles. The van der Waals surface area contributed by atoms with Gasteiger partial charge in [-0.15, -0.1) is 0 Å². The number of ether oxygens (including phenoxy) is 2. The first kappa shape index (κ1) is 32.7. The molecule has 2 aromatic carbocycles. The summed E-state index contributed by atoms with van der Waals surface area (Å²) in [5.41, 5.74) is 1.97. The van der Waals surface area contributed by atoms with Crippen LogP contribution in [0.3, 0.4) is 0 Å². The van der Waals surface area contributed by atoms with Crippen molar-refractivity contribution in [1.82, 2.24) is 9.80 Å². The third-order valence-corrected chi connectivity index (χ3v) is 7.18. The summed E-state index contributed by atoms with van der Waals surface area (Å²) < 4.78 is 41.2. The highest BCUT2D eigenvalue weighted by Gasteiger charge is 2.26. The molecule has 0 aromatic heterocycles. The Morgan fingerprint density at radius 1 is 0.773 bits per heavy atom. The second-order valence-electron chi connectivity index (χ2n) is 13.1. The largest absolute Gasteiger partial charge is 0.444 e. The number of aryl methyl sites for hydroxylation is 1. The average molecular weight is 610 g/mol. The fourth-order valence-corrected chi connectivity index (χ4v) is 5.09. The average Bonchev–Trinajstić information content (AvgIpc) is 2.91. The standard InChI is InChI=1S/C34H41F2N3O5/c1-21-18-24(22-10-14-38(15-11-22)31(41)43-33(2,3)4)19-28(36)29(21)30(40)37-25-8-9-26(27(35)20-25)23-12-16-39(17-13-23)32(42)44-34(5,6)7/h8-10,12,18-20H,11,13-17H2,1-7H3,(H,37,40). The molecule has 0 aliphatic carbocycles. The lowest BCUT2D eigenvalue weighted by atomic mass is 9.95. The Morgan fingerprint density at radius 3 is 1.77 bits per heavy atom. The molecule has 0 saturated heterocycles. The lowest BCUT2D eigenvalue weighted by Crippen LogP contribution is -2.39. The first-order chi connectivity index (χ1) is 20.5. The maximum atomic E-state index is 15.3. The minimum atomic E-state index is -0.688. The zero-order valence-corrected chi connectivity index (χ0v) is 26.5. The van der Waals surface area contributed by atoms with E-state index in [9.17, 15) is 14.4 Å². The van der Waals surface area contributed by atoms with Crippen LogP contribution < -0.4 is 5.32 Å². The van der Waals surface area contributed by atoms with E-state index in [1.165, 1.54) is 12.1 Å². The first-order valence-electron chi connectivity index (χ1n) is 14.8. The molecule has 44 heavy (non-hydrogen) atoms. The molecule has 236 valence electrons. The molecular weight excluding hydrogens is 568 g/mol. The van der Waals surface area contributed by atoms with Crippen LogP contribution in [0, 0.1) is 18.6 Å². The topological polar surface area (TPSA) is 88.2 Å². The summed E-state index contributed by atoms with van der Waals surface area (Å²) in [5, 5.41) is 2.61. The van der Waals surface area contributed by atoms with E-state index in [1.54, 1.807) is 61.8 Å².